The van der Waals surface area contributed by atoms with E-state index in [1.807, 2.05) is 30.3 Å². The van der Waals surface area contributed by atoms with Gasteiger partial charge in [-0.15, -0.1) is 0 Å². The van der Waals surface area contributed by atoms with Crippen LogP contribution in [-0.4, -0.2) is 15.0 Å². The molecule has 0 atom stereocenters. The van der Waals surface area contributed by atoms with Gasteiger partial charge in [-0.05, 0) is 51.2 Å². The van der Waals surface area contributed by atoms with Crippen molar-refractivity contribution in [2.75, 3.05) is 0 Å². The highest BCUT2D eigenvalue weighted by Crippen LogP contribution is 2.37. The number of para-hydroxylation sites is 1. The lowest BCUT2D eigenvalue weighted by Crippen LogP contribution is -2.00. The van der Waals surface area contributed by atoms with Gasteiger partial charge in [0.2, 0.25) is 0 Å². The number of benzene rings is 7. The van der Waals surface area contributed by atoms with Gasteiger partial charge >= 0.3 is 0 Å². The molecule has 7 aromatic carbocycles. The van der Waals surface area contributed by atoms with Gasteiger partial charge in [0.25, 0.3) is 0 Å². The molecule has 0 aliphatic carbocycles. The molecule has 0 amide bonds. The number of hydrogen-bond acceptors (Lipinski definition) is 4. The largest absolute Gasteiger partial charge is 0.456 e. The standard InChI is InChI=1S/C43H27N3O/c1-2-9-28(10-3-1)30-17-22-32(23-18-30)41-44-42(46-43(45-41)35-26-19-29-11-4-5-12-34(29)27-35)33-24-20-31(21-25-33)36-14-8-16-39-40(36)37-13-6-7-15-38(37)47-39/h1-27H/i4D,5D,6D,7D,8D,11D,12D,13D,14D,15D,16D,19D,20D,21D,24D,25D,26D,27D. The van der Waals surface area contributed by atoms with E-state index in [0.29, 0.717) is 5.56 Å². The fraction of sp³-hybridized carbons (Fsp3) is 0. The Kier molecular flexibility index (Phi) is 3.42. The SMILES string of the molecule is [2H]c1c([2H])c(-c2c([2H])c([2H])c([2H])c3oc4c([2H])c([2H])c([2H])c([2H])c4c23)c([2H])c([2H])c1-c1nc(-c2ccc(-c3ccccc3)cc2)nc(-c2c([2H])c([2H])c3c([2H])c([2H])c([2H])c([2H])c3c2[2H])n1. The first kappa shape index (κ1) is 14.4. The number of hydrogen-bond donors (Lipinski definition) is 0. The second-order valence-corrected chi connectivity index (χ2v) is 10.3. The Morgan fingerprint density at radius 2 is 1.02 bits per heavy atom. The van der Waals surface area contributed by atoms with Crippen molar-refractivity contribution in [1.82, 2.24) is 15.0 Å². The van der Waals surface area contributed by atoms with E-state index in [2.05, 4.69) is 15.0 Å². The van der Waals surface area contributed by atoms with Crippen molar-refractivity contribution < 1.29 is 29.1 Å². The van der Waals surface area contributed by atoms with Crippen molar-refractivity contribution in [2.45, 2.75) is 0 Å². The van der Waals surface area contributed by atoms with Crippen LogP contribution < -0.4 is 0 Å². The Balaban J connectivity index is 1.35. The molecule has 220 valence electrons. The van der Waals surface area contributed by atoms with E-state index in [9.17, 15) is 6.85 Å². The molecule has 0 fully saturated rings. The van der Waals surface area contributed by atoms with Crippen LogP contribution in [0.2, 0.25) is 0 Å². The summed E-state index contributed by atoms with van der Waals surface area (Å²) in [7, 11) is 0. The zero-order chi connectivity index (χ0) is 46.8. The molecule has 0 saturated heterocycles. The Morgan fingerprint density at radius 1 is 0.426 bits per heavy atom. The molecule has 0 spiro atoms. The molecule has 0 saturated carbocycles. The van der Waals surface area contributed by atoms with Gasteiger partial charge in [0.1, 0.15) is 11.2 Å². The lowest BCUT2D eigenvalue weighted by molar-refractivity contribution is 0.669. The monoisotopic (exact) mass is 619 g/mol. The maximum absolute atomic E-state index is 9.32. The van der Waals surface area contributed by atoms with E-state index < -0.39 is 159 Å². The third-order valence-corrected chi connectivity index (χ3v) is 7.41. The summed E-state index contributed by atoms with van der Waals surface area (Å²) in [6.07, 6.45) is 0. The number of aromatic nitrogens is 3. The first-order valence-electron chi connectivity index (χ1n) is 23.2. The highest BCUT2D eigenvalue weighted by molar-refractivity contribution is 6.12. The summed E-state index contributed by atoms with van der Waals surface area (Å²) in [4.78, 5) is 13.6. The Labute approximate surface area is 297 Å². The quantitative estimate of drug-likeness (QED) is 0.192. The van der Waals surface area contributed by atoms with Crippen molar-refractivity contribution in [1.29, 1.82) is 0 Å². The zero-order valence-corrected chi connectivity index (χ0v) is 23.9. The molecular weight excluding hydrogens is 574 g/mol. The molecule has 4 nitrogen and oxygen atoms in total. The first-order chi connectivity index (χ1) is 30.8. The third-order valence-electron chi connectivity index (χ3n) is 7.41. The number of nitrogens with zero attached hydrogens (tertiary/aromatic N) is 3. The van der Waals surface area contributed by atoms with Gasteiger partial charge in [-0.1, -0.05) is 145 Å². The second kappa shape index (κ2) is 11.2. The molecule has 9 aromatic rings. The lowest BCUT2D eigenvalue weighted by atomic mass is 9.98. The van der Waals surface area contributed by atoms with Gasteiger partial charge in [0.15, 0.2) is 17.5 Å². The van der Waals surface area contributed by atoms with Crippen LogP contribution in [-0.2, 0) is 0 Å². The topological polar surface area (TPSA) is 51.8 Å². The smallest absolute Gasteiger partial charge is 0.164 e. The van der Waals surface area contributed by atoms with Crippen LogP contribution in [0.4, 0.5) is 0 Å². The maximum atomic E-state index is 9.32. The number of furan rings is 1. The van der Waals surface area contributed by atoms with Crippen molar-refractivity contribution in [3.05, 3.63) is 163 Å². The summed E-state index contributed by atoms with van der Waals surface area (Å²) in [5, 5.41) is -1.38. The normalized spacial score (nSPS) is 16.8. The first-order valence-corrected chi connectivity index (χ1v) is 14.2. The minimum Gasteiger partial charge on any atom is -0.456 e. The summed E-state index contributed by atoms with van der Waals surface area (Å²) in [5.41, 5.74) is -0.877. The minimum atomic E-state index is -0.809. The average Bonchev–Trinajstić information content (AvgIpc) is 3.71. The minimum absolute atomic E-state index is 0.148. The van der Waals surface area contributed by atoms with E-state index in [4.69, 9.17) is 22.2 Å². The van der Waals surface area contributed by atoms with Crippen molar-refractivity contribution in [2.24, 2.45) is 0 Å². The molecule has 2 heterocycles. The summed E-state index contributed by atoms with van der Waals surface area (Å²) < 4.78 is 163. The molecule has 0 N–H and O–H groups in total. The van der Waals surface area contributed by atoms with E-state index in [1.165, 1.54) is 0 Å². The van der Waals surface area contributed by atoms with Crippen LogP contribution in [0, 0.1) is 0 Å². The zero-order valence-electron chi connectivity index (χ0n) is 41.9. The average molecular weight is 620 g/mol. The van der Waals surface area contributed by atoms with E-state index in [1.54, 1.807) is 24.3 Å². The molecule has 9 rings (SSSR count). The third kappa shape index (κ3) is 4.93. The highest BCUT2D eigenvalue weighted by atomic mass is 16.3. The molecule has 0 aliphatic heterocycles. The fourth-order valence-corrected chi connectivity index (χ4v) is 5.16. The van der Waals surface area contributed by atoms with Crippen LogP contribution in [0.3, 0.4) is 0 Å². The molecule has 47 heavy (non-hydrogen) atoms. The van der Waals surface area contributed by atoms with Gasteiger partial charge in [0.05, 0.1) is 24.7 Å². The molecular formula is C43H27N3O. The van der Waals surface area contributed by atoms with E-state index >= 15 is 0 Å². The van der Waals surface area contributed by atoms with E-state index in [-0.39, 0.29) is 22.0 Å². The van der Waals surface area contributed by atoms with Gasteiger partial charge in [-0.3, -0.25) is 0 Å². The molecule has 0 radical (unpaired) electrons. The second-order valence-electron chi connectivity index (χ2n) is 10.3. The summed E-state index contributed by atoms with van der Waals surface area (Å²) >= 11 is 0. The van der Waals surface area contributed by atoms with Crippen LogP contribution in [0.25, 0.3) is 89.1 Å². The maximum Gasteiger partial charge on any atom is 0.164 e. The molecule has 4 heteroatoms. The van der Waals surface area contributed by atoms with Gasteiger partial charge < -0.3 is 4.42 Å². The van der Waals surface area contributed by atoms with Crippen molar-refractivity contribution >= 4 is 32.7 Å². The predicted octanol–water partition coefficient (Wildman–Crippen LogP) is 11.3. The Morgan fingerprint density at radius 3 is 1.83 bits per heavy atom. The predicted molar refractivity (Wildman–Crippen MR) is 192 cm³/mol. The van der Waals surface area contributed by atoms with Gasteiger partial charge in [-0.2, -0.15) is 0 Å². The Hall–Kier alpha value is -6.39. The summed E-state index contributed by atoms with van der Waals surface area (Å²) in [6, 6.07) is 3.62. The van der Waals surface area contributed by atoms with Crippen molar-refractivity contribution in [3.8, 4) is 56.4 Å². The van der Waals surface area contributed by atoms with Crippen molar-refractivity contribution in [3.63, 3.8) is 0 Å². The summed E-state index contributed by atoms with van der Waals surface area (Å²) in [5.74, 6) is -1.14. The van der Waals surface area contributed by atoms with Crippen LogP contribution in [0.15, 0.2) is 168 Å². The fourth-order valence-electron chi connectivity index (χ4n) is 5.16. The molecule has 0 unspecified atom stereocenters. The van der Waals surface area contributed by atoms with Crippen LogP contribution in [0.1, 0.15) is 24.7 Å². The number of fused-ring (bicyclic) bond motifs is 4. The number of rotatable bonds is 5. The highest BCUT2D eigenvalue weighted by Gasteiger charge is 2.15. The summed E-state index contributed by atoms with van der Waals surface area (Å²) in [6.45, 7) is 0. The van der Waals surface area contributed by atoms with Gasteiger partial charge in [-0.25, -0.2) is 15.0 Å². The molecule has 0 bridgehead atoms. The van der Waals surface area contributed by atoms with Crippen LogP contribution >= 0.6 is 0 Å². The molecule has 2 aromatic heterocycles. The Bertz CT molecular complexity index is 3550. The van der Waals surface area contributed by atoms with Crippen LogP contribution in [0.5, 0.6) is 0 Å². The lowest BCUT2D eigenvalue weighted by Gasteiger charge is -2.10. The van der Waals surface area contributed by atoms with Gasteiger partial charge in [0, 0.05) is 27.5 Å². The molecule has 0 aliphatic rings. The van der Waals surface area contributed by atoms with E-state index in [0.717, 1.165) is 11.1 Å².